The molecule has 0 spiro atoms. The highest BCUT2D eigenvalue weighted by Crippen LogP contribution is 2.33. The van der Waals surface area contributed by atoms with Gasteiger partial charge < -0.3 is 14.5 Å². The summed E-state index contributed by atoms with van der Waals surface area (Å²) in [5.74, 6) is 1.91. The number of ether oxygens (including phenoxy) is 1. The van der Waals surface area contributed by atoms with Gasteiger partial charge >= 0.3 is 0 Å². The summed E-state index contributed by atoms with van der Waals surface area (Å²) in [5.41, 5.74) is 2.18. The summed E-state index contributed by atoms with van der Waals surface area (Å²) >= 11 is 0. The number of amides is 1. The number of aromatic nitrogens is 1. The molecule has 0 radical (unpaired) electrons. The van der Waals surface area contributed by atoms with Gasteiger partial charge in [0.25, 0.3) is 0 Å². The molecular weight excluding hydrogens is 314 g/mol. The standard InChI is InChI=1S/C20H25N3O2/c1-22(2)19-14-16(10-11-21-19)18-5-4-12-23(18)20(24)13-15-6-8-17(25-3)9-7-15/h6-11,14,18H,4-5,12-13H2,1-3H3/t18-/m1/s1. The van der Waals surface area contributed by atoms with Gasteiger partial charge in [-0.2, -0.15) is 0 Å². The minimum absolute atomic E-state index is 0.146. The van der Waals surface area contributed by atoms with Crippen molar-refractivity contribution in [2.45, 2.75) is 25.3 Å². The van der Waals surface area contributed by atoms with Gasteiger partial charge in [-0.1, -0.05) is 12.1 Å². The van der Waals surface area contributed by atoms with Gasteiger partial charge in [0.15, 0.2) is 0 Å². The van der Waals surface area contributed by atoms with Gasteiger partial charge in [0.1, 0.15) is 11.6 Å². The molecule has 0 bridgehead atoms. The highest BCUT2D eigenvalue weighted by molar-refractivity contribution is 5.79. The summed E-state index contributed by atoms with van der Waals surface area (Å²) < 4.78 is 5.17. The zero-order chi connectivity index (χ0) is 17.8. The Hall–Kier alpha value is -2.56. The van der Waals surface area contributed by atoms with E-state index in [1.54, 1.807) is 7.11 Å². The van der Waals surface area contributed by atoms with Crippen molar-refractivity contribution in [3.63, 3.8) is 0 Å². The number of pyridine rings is 1. The molecule has 1 aliphatic rings. The lowest BCUT2D eigenvalue weighted by molar-refractivity contribution is -0.131. The van der Waals surface area contributed by atoms with Crippen molar-refractivity contribution in [3.05, 3.63) is 53.7 Å². The number of carbonyl (C=O) groups is 1. The lowest BCUT2D eigenvalue weighted by Gasteiger charge is -2.26. The predicted molar refractivity (Wildman–Crippen MR) is 99.0 cm³/mol. The van der Waals surface area contributed by atoms with Crippen molar-refractivity contribution in [3.8, 4) is 5.75 Å². The molecule has 5 nitrogen and oxygen atoms in total. The van der Waals surface area contributed by atoms with E-state index in [2.05, 4.69) is 11.1 Å². The fourth-order valence-electron chi connectivity index (χ4n) is 3.32. The Morgan fingerprint density at radius 1 is 1.28 bits per heavy atom. The number of nitrogens with zero attached hydrogens (tertiary/aromatic N) is 3. The Kier molecular flexibility index (Phi) is 5.22. The minimum Gasteiger partial charge on any atom is -0.497 e. The monoisotopic (exact) mass is 339 g/mol. The van der Waals surface area contributed by atoms with Crippen LogP contribution in [0.2, 0.25) is 0 Å². The minimum atomic E-state index is 0.146. The lowest BCUT2D eigenvalue weighted by atomic mass is 10.0. The number of hydrogen-bond acceptors (Lipinski definition) is 4. The Morgan fingerprint density at radius 2 is 2.04 bits per heavy atom. The van der Waals surface area contributed by atoms with Crippen molar-refractivity contribution in [1.82, 2.24) is 9.88 Å². The molecule has 3 rings (SSSR count). The number of rotatable bonds is 5. The quantitative estimate of drug-likeness (QED) is 0.840. The van der Waals surface area contributed by atoms with Crippen LogP contribution in [0.3, 0.4) is 0 Å². The summed E-state index contributed by atoms with van der Waals surface area (Å²) in [6.07, 6.45) is 4.30. The van der Waals surface area contributed by atoms with Crippen LogP contribution in [0.5, 0.6) is 5.75 Å². The van der Waals surface area contributed by atoms with Gasteiger partial charge in [-0.3, -0.25) is 4.79 Å². The van der Waals surface area contributed by atoms with Crippen LogP contribution in [0.1, 0.15) is 30.0 Å². The van der Waals surface area contributed by atoms with Crippen LogP contribution in [0.4, 0.5) is 5.82 Å². The van der Waals surface area contributed by atoms with Gasteiger partial charge in [-0.25, -0.2) is 4.98 Å². The predicted octanol–water partition coefficient (Wildman–Crippen LogP) is 3.06. The number of benzene rings is 1. The van der Waals surface area contributed by atoms with Crippen molar-refractivity contribution in [2.75, 3.05) is 32.6 Å². The molecule has 1 saturated heterocycles. The van der Waals surface area contributed by atoms with E-state index in [4.69, 9.17) is 4.74 Å². The largest absolute Gasteiger partial charge is 0.497 e. The normalized spacial score (nSPS) is 16.8. The highest BCUT2D eigenvalue weighted by atomic mass is 16.5. The van der Waals surface area contributed by atoms with E-state index >= 15 is 0 Å². The second kappa shape index (κ2) is 7.55. The summed E-state index contributed by atoms with van der Waals surface area (Å²) in [5, 5.41) is 0. The van der Waals surface area contributed by atoms with Crippen LogP contribution >= 0.6 is 0 Å². The molecular formula is C20H25N3O2. The van der Waals surface area contributed by atoms with Crippen LogP contribution in [0.15, 0.2) is 42.6 Å². The zero-order valence-corrected chi connectivity index (χ0v) is 15.1. The maximum Gasteiger partial charge on any atom is 0.227 e. The van der Waals surface area contributed by atoms with Crippen molar-refractivity contribution in [2.24, 2.45) is 0 Å². The first-order valence-corrected chi connectivity index (χ1v) is 8.64. The van der Waals surface area contributed by atoms with Crippen LogP contribution in [-0.4, -0.2) is 43.5 Å². The first-order valence-electron chi connectivity index (χ1n) is 8.64. The highest BCUT2D eigenvalue weighted by Gasteiger charge is 2.30. The summed E-state index contributed by atoms with van der Waals surface area (Å²) in [7, 11) is 5.60. The molecule has 0 aliphatic carbocycles. The zero-order valence-electron chi connectivity index (χ0n) is 15.1. The van der Waals surface area contributed by atoms with E-state index in [9.17, 15) is 4.79 Å². The van der Waals surface area contributed by atoms with E-state index in [1.165, 1.54) is 5.56 Å². The molecule has 1 aliphatic heterocycles. The molecule has 25 heavy (non-hydrogen) atoms. The molecule has 1 aromatic heterocycles. The average molecular weight is 339 g/mol. The van der Waals surface area contributed by atoms with Gasteiger partial charge in [-0.15, -0.1) is 0 Å². The van der Waals surface area contributed by atoms with E-state index < -0.39 is 0 Å². The molecule has 1 aromatic carbocycles. The van der Waals surface area contributed by atoms with Crippen molar-refractivity contribution in [1.29, 1.82) is 0 Å². The number of methoxy groups -OCH3 is 1. The van der Waals surface area contributed by atoms with Crippen molar-refractivity contribution < 1.29 is 9.53 Å². The van der Waals surface area contributed by atoms with Crippen LogP contribution < -0.4 is 9.64 Å². The van der Waals surface area contributed by atoms with E-state index in [-0.39, 0.29) is 11.9 Å². The third kappa shape index (κ3) is 3.92. The second-order valence-corrected chi connectivity index (χ2v) is 6.61. The molecule has 132 valence electrons. The van der Waals surface area contributed by atoms with Gasteiger partial charge in [0, 0.05) is 26.8 Å². The molecule has 2 heterocycles. The maximum atomic E-state index is 12.8. The molecule has 2 aromatic rings. The van der Waals surface area contributed by atoms with E-state index in [0.29, 0.717) is 6.42 Å². The van der Waals surface area contributed by atoms with Gasteiger partial charge in [0.2, 0.25) is 5.91 Å². The molecule has 5 heteroatoms. The topological polar surface area (TPSA) is 45.7 Å². The number of hydrogen-bond donors (Lipinski definition) is 0. The number of carbonyl (C=O) groups excluding carboxylic acids is 1. The SMILES string of the molecule is COc1ccc(CC(=O)N2CCC[C@@H]2c2ccnc(N(C)C)c2)cc1. The third-order valence-corrected chi connectivity index (χ3v) is 4.70. The molecule has 0 saturated carbocycles. The Labute approximate surface area is 149 Å². The molecule has 0 N–H and O–H groups in total. The fourth-order valence-corrected chi connectivity index (χ4v) is 3.32. The smallest absolute Gasteiger partial charge is 0.227 e. The Bertz CT molecular complexity index is 728. The molecule has 1 atom stereocenters. The Balaban J connectivity index is 1.74. The van der Waals surface area contributed by atoms with E-state index in [1.807, 2.05) is 60.4 Å². The average Bonchev–Trinajstić information content (AvgIpc) is 3.12. The third-order valence-electron chi connectivity index (χ3n) is 4.70. The molecule has 1 fully saturated rings. The summed E-state index contributed by atoms with van der Waals surface area (Å²) in [6, 6.07) is 12.0. The number of anilines is 1. The first kappa shape index (κ1) is 17.3. The van der Waals surface area contributed by atoms with Crippen LogP contribution in [0.25, 0.3) is 0 Å². The van der Waals surface area contributed by atoms with E-state index in [0.717, 1.165) is 36.5 Å². The van der Waals surface area contributed by atoms with Gasteiger partial charge in [0.05, 0.1) is 19.6 Å². The first-order chi connectivity index (χ1) is 12.1. The van der Waals surface area contributed by atoms with Crippen LogP contribution in [-0.2, 0) is 11.2 Å². The number of likely N-dealkylation sites (tertiary alicyclic amines) is 1. The second-order valence-electron chi connectivity index (χ2n) is 6.61. The summed E-state index contributed by atoms with van der Waals surface area (Å²) in [4.78, 5) is 21.2. The maximum absolute atomic E-state index is 12.8. The lowest BCUT2D eigenvalue weighted by Crippen LogP contribution is -2.32. The van der Waals surface area contributed by atoms with Crippen molar-refractivity contribution >= 4 is 11.7 Å². The molecule has 1 amide bonds. The fraction of sp³-hybridized carbons (Fsp3) is 0.400. The van der Waals surface area contributed by atoms with Gasteiger partial charge in [-0.05, 0) is 48.2 Å². The summed E-state index contributed by atoms with van der Waals surface area (Å²) in [6.45, 7) is 0.819. The molecule has 0 unspecified atom stereocenters. The Morgan fingerprint density at radius 3 is 2.72 bits per heavy atom. The van der Waals surface area contributed by atoms with Crippen LogP contribution in [0, 0.1) is 0 Å².